The highest BCUT2D eigenvalue weighted by Gasteiger charge is 2.18. The van der Waals surface area contributed by atoms with E-state index in [2.05, 4.69) is 15.7 Å². The monoisotopic (exact) mass is 308 g/mol. The first-order chi connectivity index (χ1) is 10.3. The number of aromatic nitrogens is 2. The molecule has 2 N–H and O–H groups in total. The van der Waals surface area contributed by atoms with E-state index < -0.39 is 17.7 Å². The molecule has 2 aromatic rings. The molecule has 0 spiro atoms. The van der Waals surface area contributed by atoms with Gasteiger partial charge in [-0.3, -0.25) is 5.32 Å². The molecule has 7 heteroatoms. The van der Waals surface area contributed by atoms with Gasteiger partial charge in [-0.05, 0) is 39.0 Å². The summed E-state index contributed by atoms with van der Waals surface area (Å²) in [5.74, 6) is -0.601. The first-order valence-electron chi connectivity index (χ1n) is 6.80. The van der Waals surface area contributed by atoms with Crippen molar-refractivity contribution < 1.29 is 13.6 Å². The smallest absolute Gasteiger partial charge is 0.320 e. The number of hydrogen-bond acceptors (Lipinski definition) is 2. The Morgan fingerprint density at radius 2 is 2.00 bits per heavy atom. The number of hydrogen-bond donors (Lipinski definition) is 2. The Labute approximate surface area is 127 Å². The fourth-order valence-corrected chi connectivity index (χ4v) is 1.95. The highest BCUT2D eigenvalue weighted by atomic mass is 19.1. The summed E-state index contributed by atoms with van der Waals surface area (Å²) in [5, 5.41) is 9.27. The summed E-state index contributed by atoms with van der Waals surface area (Å²) in [6, 6.07) is 4.25. The molecule has 118 valence electrons. The van der Waals surface area contributed by atoms with Crippen molar-refractivity contribution in [3.05, 3.63) is 47.7 Å². The molecule has 0 unspecified atom stereocenters. The number of carbonyl (C=O) groups excluding carboxylic acids is 1. The average Bonchev–Trinajstić information content (AvgIpc) is 2.88. The van der Waals surface area contributed by atoms with Crippen LogP contribution >= 0.6 is 0 Å². The van der Waals surface area contributed by atoms with Gasteiger partial charge >= 0.3 is 6.03 Å². The standard InChI is InChI=1S/C15H18F2N4O/c1-15(2,3)21-13(6-7-19-21)20-14(22)18-9-10-8-11(16)4-5-12(10)17/h4-8H,9H2,1-3H3,(H2,18,20,22). The fourth-order valence-electron chi connectivity index (χ4n) is 1.95. The van der Waals surface area contributed by atoms with Crippen LogP contribution in [-0.2, 0) is 12.1 Å². The van der Waals surface area contributed by atoms with E-state index in [4.69, 9.17) is 0 Å². The van der Waals surface area contributed by atoms with Crippen molar-refractivity contribution >= 4 is 11.8 Å². The molecule has 0 aliphatic heterocycles. The van der Waals surface area contributed by atoms with Crippen molar-refractivity contribution in [2.24, 2.45) is 0 Å². The summed E-state index contributed by atoms with van der Waals surface area (Å²) in [6.45, 7) is 5.74. The van der Waals surface area contributed by atoms with Gasteiger partial charge in [0, 0.05) is 18.2 Å². The molecular formula is C15H18F2N4O. The SMILES string of the molecule is CC(C)(C)n1nccc1NC(=O)NCc1cc(F)ccc1F. The van der Waals surface area contributed by atoms with E-state index in [1.165, 1.54) is 0 Å². The number of urea groups is 1. The first-order valence-corrected chi connectivity index (χ1v) is 6.80. The lowest BCUT2D eigenvalue weighted by Crippen LogP contribution is -2.32. The van der Waals surface area contributed by atoms with E-state index in [9.17, 15) is 13.6 Å². The van der Waals surface area contributed by atoms with Gasteiger partial charge in [0.25, 0.3) is 0 Å². The second kappa shape index (κ2) is 6.13. The Bertz CT molecular complexity index is 676. The summed E-state index contributed by atoms with van der Waals surface area (Å²) in [7, 11) is 0. The lowest BCUT2D eigenvalue weighted by Gasteiger charge is -2.22. The number of amides is 2. The Morgan fingerprint density at radius 3 is 2.68 bits per heavy atom. The molecule has 0 fully saturated rings. The lowest BCUT2D eigenvalue weighted by atomic mass is 10.1. The Balaban J connectivity index is 2.00. The van der Waals surface area contributed by atoms with Crippen LogP contribution < -0.4 is 10.6 Å². The molecule has 0 atom stereocenters. The van der Waals surface area contributed by atoms with Gasteiger partial charge in [-0.25, -0.2) is 18.3 Å². The van der Waals surface area contributed by atoms with Crippen molar-refractivity contribution in [2.45, 2.75) is 32.9 Å². The lowest BCUT2D eigenvalue weighted by molar-refractivity contribution is 0.251. The van der Waals surface area contributed by atoms with Crippen molar-refractivity contribution in [3.63, 3.8) is 0 Å². The number of anilines is 1. The molecular weight excluding hydrogens is 290 g/mol. The second-order valence-corrected chi connectivity index (χ2v) is 5.84. The van der Waals surface area contributed by atoms with Gasteiger partial charge in [0.15, 0.2) is 0 Å². The average molecular weight is 308 g/mol. The second-order valence-electron chi connectivity index (χ2n) is 5.84. The summed E-state index contributed by atoms with van der Waals surface area (Å²) in [6.07, 6.45) is 1.58. The van der Waals surface area contributed by atoms with Gasteiger partial charge in [-0.2, -0.15) is 5.10 Å². The maximum atomic E-state index is 13.5. The van der Waals surface area contributed by atoms with Crippen LogP contribution in [0.3, 0.4) is 0 Å². The molecule has 0 aliphatic rings. The van der Waals surface area contributed by atoms with Crippen LogP contribution in [0.15, 0.2) is 30.5 Å². The van der Waals surface area contributed by atoms with Crippen LogP contribution in [0.25, 0.3) is 0 Å². The van der Waals surface area contributed by atoms with E-state index >= 15 is 0 Å². The van der Waals surface area contributed by atoms with Gasteiger partial charge < -0.3 is 5.32 Å². The Kier molecular flexibility index (Phi) is 4.44. The Morgan fingerprint density at radius 1 is 1.27 bits per heavy atom. The van der Waals surface area contributed by atoms with Crippen LogP contribution in [0.2, 0.25) is 0 Å². The molecule has 5 nitrogen and oxygen atoms in total. The van der Waals surface area contributed by atoms with E-state index in [-0.39, 0.29) is 17.6 Å². The third kappa shape index (κ3) is 3.81. The zero-order chi connectivity index (χ0) is 16.3. The molecule has 0 radical (unpaired) electrons. The third-order valence-electron chi connectivity index (χ3n) is 2.97. The topological polar surface area (TPSA) is 59.0 Å². The summed E-state index contributed by atoms with van der Waals surface area (Å²) < 4.78 is 28.2. The zero-order valence-electron chi connectivity index (χ0n) is 12.7. The minimum atomic E-state index is -0.568. The van der Waals surface area contributed by atoms with E-state index in [0.717, 1.165) is 18.2 Å². The maximum Gasteiger partial charge on any atom is 0.320 e. The van der Waals surface area contributed by atoms with E-state index in [1.807, 2.05) is 20.8 Å². The third-order valence-corrected chi connectivity index (χ3v) is 2.97. The molecule has 1 aromatic carbocycles. The van der Waals surface area contributed by atoms with E-state index in [0.29, 0.717) is 5.82 Å². The van der Waals surface area contributed by atoms with Crippen LogP contribution in [0.5, 0.6) is 0 Å². The predicted octanol–water partition coefficient (Wildman–Crippen LogP) is 3.24. The van der Waals surface area contributed by atoms with Gasteiger partial charge in [0.05, 0.1) is 11.7 Å². The Hall–Kier alpha value is -2.44. The van der Waals surface area contributed by atoms with E-state index in [1.54, 1.807) is 16.9 Å². The summed E-state index contributed by atoms with van der Waals surface area (Å²) in [5.41, 5.74) is -0.208. The van der Waals surface area contributed by atoms with Gasteiger partial charge in [0.1, 0.15) is 17.5 Å². The molecule has 2 amide bonds. The minimum Gasteiger partial charge on any atom is -0.334 e. The minimum absolute atomic E-state index is 0.0829. The largest absolute Gasteiger partial charge is 0.334 e. The highest BCUT2D eigenvalue weighted by Crippen LogP contribution is 2.19. The number of halogens is 2. The molecule has 0 bridgehead atoms. The quantitative estimate of drug-likeness (QED) is 0.914. The van der Waals surface area contributed by atoms with Crippen LogP contribution in [-0.4, -0.2) is 15.8 Å². The number of nitrogens with zero attached hydrogens (tertiary/aromatic N) is 2. The summed E-state index contributed by atoms with van der Waals surface area (Å²) >= 11 is 0. The fraction of sp³-hybridized carbons (Fsp3) is 0.333. The van der Waals surface area contributed by atoms with Crippen LogP contribution in [0, 0.1) is 11.6 Å². The summed E-state index contributed by atoms with van der Waals surface area (Å²) in [4.78, 5) is 11.9. The molecule has 1 heterocycles. The highest BCUT2D eigenvalue weighted by molar-refractivity contribution is 5.88. The van der Waals surface area contributed by atoms with Crippen molar-refractivity contribution in [2.75, 3.05) is 5.32 Å². The van der Waals surface area contributed by atoms with Gasteiger partial charge in [-0.1, -0.05) is 0 Å². The number of nitrogens with one attached hydrogen (secondary N) is 2. The molecule has 22 heavy (non-hydrogen) atoms. The number of rotatable bonds is 3. The van der Waals surface area contributed by atoms with Gasteiger partial charge in [-0.15, -0.1) is 0 Å². The van der Waals surface area contributed by atoms with Crippen molar-refractivity contribution in [1.82, 2.24) is 15.1 Å². The molecule has 0 aliphatic carbocycles. The molecule has 0 saturated carbocycles. The van der Waals surface area contributed by atoms with Crippen molar-refractivity contribution in [3.8, 4) is 0 Å². The van der Waals surface area contributed by atoms with Crippen LogP contribution in [0.1, 0.15) is 26.3 Å². The van der Waals surface area contributed by atoms with Crippen molar-refractivity contribution in [1.29, 1.82) is 0 Å². The molecule has 0 saturated heterocycles. The zero-order valence-corrected chi connectivity index (χ0v) is 12.7. The van der Waals surface area contributed by atoms with Gasteiger partial charge in [0.2, 0.25) is 0 Å². The number of benzene rings is 1. The number of carbonyl (C=O) groups is 1. The first kappa shape index (κ1) is 15.9. The maximum absolute atomic E-state index is 13.5. The molecule has 2 rings (SSSR count). The predicted molar refractivity (Wildman–Crippen MR) is 79.4 cm³/mol. The molecule has 1 aromatic heterocycles. The normalized spacial score (nSPS) is 11.3. The van der Waals surface area contributed by atoms with Crippen LogP contribution in [0.4, 0.5) is 19.4 Å².